The molecule has 1 aromatic carbocycles. The first-order chi connectivity index (χ1) is 11.9. The Morgan fingerprint density at radius 3 is 2.04 bits per heavy atom. The lowest BCUT2D eigenvalue weighted by molar-refractivity contribution is -0.145. The maximum atomic E-state index is 12.6. The summed E-state index contributed by atoms with van der Waals surface area (Å²) < 4.78 is 26.5. The van der Waals surface area contributed by atoms with Crippen molar-refractivity contribution in [2.24, 2.45) is 0 Å². The minimum Gasteiger partial charge on any atom is -0.338 e. The molecular weight excluding hydrogens is 346 g/mol. The van der Waals surface area contributed by atoms with Gasteiger partial charge in [0.15, 0.2) is 0 Å². The smallest absolute Gasteiger partial charge is 0.243 e. The summed E-state index contributed by atoms with van der Waals surface area (Å²) in [4.78, 5) is 38.2. The molecule has 0 unspecified atom stereocenters. The molecule has 8 nitrogen and oxygen atoms in total. The number of carbonyl (C=O) groups is 3. The highest BCUT2D eigenvalue weighted by Crippen LogP contribution is 2.18. The third-order valence-corrected chi connectivity index (χ3v) is 6.33. The van der Waals surface area contributed by atoms with E-state index < -0.39 is 10.0 Å². The SMILES string of the molecule is O=C(CN1C(=O)CCC1=O)N1CCN(S(=O)(=O)c2ccccc2)CC1. The monoisotopic (exact) mass is 365 g/mol. The number of hydrogen-bond acceptors (Lipinski definition) is 5. The molecule has 0 radical (unpaired) electrons. The Balaban J connectivity index is 1.59. The van der Waals surface area contributed by atoms with Crippen LogP contribution >= 0.6 is 0 Å². The summed E-state index contributed by atoms with van der Waals surface area (Å²) in [5.41, 5.74) is 0. The molecular formula is C16H19N3O5S. The Bertz CT molecular complexity index is 769. The summed E-state index contributed by atoms with van der Waals surface area (Å²) in [5.74, 6) is -0.993. The molecule has 0 N–H and O–H groups in total. The molecule has 0 bridgehead atoms. The van der Waals surface area contributed by atoms with E-state index in [1.54, 1.807) is 18.2 Å². The first-order valence-corrected chi connectivity index (χ1v) is 9.50. The van der Waals surface area contributed by atoms with E-state index in [2.05, 4.69) is 0 Å². The molecule has 3 rings (SSSR count). The van der Waals surface area contributed by atoms with Crippen LogP contribution < -0.4 is 0 Å². The minimum absolute atomic E-state index is 0.148. The van der Waals surface area contributed by atoms with Gasteiger partial charge in [0.2, 0.25) is 27.7 Å². The van der Waals surface area contributed by atoms with Crippen LogP contribution in [-0.4, -0.2) is 73.0 Å². The van der Waals surface area contributed by atoms with Gasteiger partial charge in [-0.25, -0.2) is 8.42 Å². The topological polar surface area (TPSA) is 95.1 Å². The highest BCUT2D eigenvalue weighted by atomic mass is 32.2. The number of carbonyl (C=O) groups excluding carboxylic acids is 3. The maximum Gasteiger partial charge on any atom is 0.243 e. The van der Waals surface area contributed by atoms with E-state index in [0.717, 1.165) is 4.90 Å². The summed E-state index contributed by atoms with van der Waals surface area (Å²) >= 11 is 0. The molecule has 2 aliphatic rings. The Labute approximate surface area is 146 Å². The first kappa shape index (κ1) is 17.6. The standard InChI is InChI=1S/C16H19N3O5S/c20-14-6-7-15(21)19(14)12-16(22)17-8-10-18(11-9-17)25(23,24)13-4-2-1-3-5-13/h1-5H,6-12H2. The number of benzene rings is 1. The van der Waals surface area contributed by atoms with Crippen LogP contribution in [0.2, 0.25) is 0 Å². The zero-order valence-electron chi connectivity index (χ0n) is 13.6. The lowest BCUT2D eigenvalue weighted by atomic mass is 10.3. The van der Waals surface area contributed by atoms with Gasteiger partial charge in [-0.05, 0) is 12.1 Å². The fourth-order valence-corrected chi connectivity index (χ4v) is 4.40. The van der Waals surface area contributed by atoms with Crippen molar-refractivity contribution in [2.75, 3.05) is 32.7 Å². The van der Waals surface area contributed by atoms with Crippen LogP contribution in [0.3, 0.4) is 0 Å². The molecule has 9 heteroatoms. The Hall–Kier alpha value is -2.26. The molecule has 1 aromatic rings. The molecule has 2 fully saturated rings. The molecule has 25 heavy (non-hydrogen) atoms. The Kier molecular flexibility index (Phi) is 4.87. The van der Waals surface area contributed by atoms with Crippen LogP contribution in [0.4, 0.5) is 0 Å². The largest absolute Gasteiger partial charge is 0.338 e. The molecule has 0 aliphatic carbocycles. The number of amides is 3. The van der Waals surface area contributed by atoms with Crippen molar-refractivity contribution in [3.05, 3.63) is 30.3 Å². The molecule has 2 aliphatic heterocycles. The number of likely N-dealkylation sites (tertiary alicyclic amines) is 1. The van der Waals surface area contributed by atoms with Crippen molar-refractivity contribution in [2.45, 2.75) is 17.7 Å². The van der Waals surface area contributed by atoms with Crippen LogP contribution in [0.15, 0.2) is 35.2 Å². The highest BCUT2D eigenvalue weighted by molar-refractivity contribution is 7.89. The fraction of sp³-hybridized carbons (Fsp3) is 0.438. The number of piperazine rings is 1. The highest BCUT2D eigenvalue weighted by Gasteiger charge is 2.34. The van der Waals surface area contributed by atoms with Gasteiger partial charge in [0.1, 0.15) is 6.54 Å². The quantitative estimate of drug-likeness (QED) is 0.681. The molecule has 3 amide bonds. The molecule has 2 saturated heterocycles. The third-order valence-electron chi connectivity index (χ3n) is 4.42. The predicted octanol–water partition coefficient (Wildman–Crippen LogP) is -0.331. The summed E-state index contributed by atoms with van der Waals surface area (Å²) in [7, 11) is -3.57. The normalized spacial score (nSPS) is 19.5. The zero-order chi connectivity index (χ0) is 18.0. The van der Waals surface area contributed by atoms with Crippen molar-refractivity contribution in [1.82, 2.24) is 14.1 Å². The fourth-order valence-electron chi connectivity index (χ4n) is 2.95. The second-order valence-corrected chi connectivity index (χ2v) is 7.91. The van der Waals surface area contributed by atoms with Crippen LogP contribution in [0, 0.1) is 0 Å². The second kappa shape index (κ2) is 6.93. The number of sulfonamides is 1. The molecule has 0 aromatic heterocycles. The molecule has 0 atom stereocenters. The van der Waals surface area contributed by atoms with Crippen molar-refractivity contribution < 1.29 is 22.8 Å². The van der Waals surface area contributed by atoms with E-state index in [-0.39, 0.29) is 68.2 Å². The summed E-state index contributed by atoms with van der Waals surface area (Å²) in [6.07, 6.45) is 0.296. The van der Waals surface area contributed by atoms with Gasteiger partial charge in [-0.3, -0.25) is 19.3 Å². The van der Waals surface area contributed by atoms with Crippen LogP contribution in [0.25, 0.3) is 0 Å². The van der Waals surface area contributed by atoms with Crippen molar-refractivity contribution >= 4 is 27.7 Å². The van der Waals surface area contributed by atoms with Crippen molar-refractivity contribution in [3.63, 3.8) is 0 Å². The maximum absolute atomic E-state index is 12.6. The van der Waals surface area contributed by atoms with Gasteiger partial charge in [0.25, 0.3) is 0 Å². The van der Waals surface area contributed by atoms with E-state index in [1.165, 1.54) is 21.3 Å². The predicted molar refractivity (Wildman–Crippen MR) is 87.7 cm³/mol. The number of nitrogens with zero attached hydrogens (tertiary/aromatic N) is 3. The van der Waals surface area contributed by atoms with Gasteiger partial charge in [0, 0.05) is 39.0 Å². The Morgan fingerprint density at radius 2 is 1.48 bits per heavy atom. The van der Waals surface area contributed by atoms with Gasteiger partial charge in [-0.2, -0.15) is 4.31 Å². The molecule has 0 spiro atoms. The summed E-state index contributed by atoms with van der Waals surface area (Å²) in [6, 6.07) is 8.15. The van der Waals surface area contributed by atoms with Crippen molar-refractivity contribution in [3.8, 4) is 0 Å². The average molecular weight is 365 g/mol. The van der Waals surface area contributed by atoms with Crippen molar-refractivity contribution in [1.29, 1.82) is 0 Å². The van der Waals surface area contributed by atoms with E-state index >= 15 is 0 Å². The van der Waals surface area contributed by atoms with E-state index in [1.807, 2.05) is 0 Å². The van der Waals surface area contributed by atoms with Gasteiger partial charge in [0.05, 0.1) is 4.90 Å². The van der Waals surface area contributed by atoms with Crippen LogP contribution in [0.5, 0.6) is 0 Å². The summed E-state index contributed by atoms with van der Waals surface area (Å²) in [6.45, 7) is 0.584. The minimum atomic E-state index is -3.57. The first-order valence-electron chi connectivity index (χ1n) is 8.06. The van der Waals surface area contributed by atoms with Gasteiger partial charge in [-0.1, -0.05) is 18.2 Å². The average Bonchev–Trinajstić information content (AvgIpc) is 2.94. The van der Waals surface area contributed by atoms with E-state index in [0.29, 0.717) is 0 Å². The number of rotatable bonds is 4. The van der Waals surface area contributed by atoms with Gasteiger partial charge in [-0.15, -0.1) is 0 Å². The van der Waals surface area contributed by atoms with Crippen LogP contribution in [-0.2, 0) is 24.4 Å². The molecule has 0 saturated carbocycles. The lowest BCUT2D eigenvalue weighted by Gasteiger charge is -2.34. The third kappa shape index (κ3) is 3.57. The van der Waals surface area contributed by atoms with Gasteiger partial charge < -0.3 is 4.90 Å². The van der Waals surface area contributed by atoms with Gasteiger partial charge >= 0.3 is 0 Å². The zero-order valence-corrected chi connectivity index (χ0v) is 14.4. The lowest BCUT2D eigenvalue weighted by Crippen LogP contribution is -2.53. The summed E-state index contributed by atoms with van der Waals surface area (Å²) in [5, 5.41) is 0. The Morgan fingerprint density at radius 1 is 0.920 bits per heavy atom. The second-order valence-electron chi connectivity index (χ2n) is 5.97. The number of imide groups is 1. The molecule has 2 heterocycles. The molecule has 134 valence electrons. The number of hydrogen-bond donors (Lipinski definition) is 0. The van der Waals surface area contributed by atoms with Crippen LogP contribution in [0.1, 0.15) is 12.8 Å². The van der Waals surface area contributed by atoms with E-state index in [9.17, 15) is 22.8 Å². The van der Waals surface area contributed by atoms with E-state index in [4.69, 9.17) is 0 Å².